The number of hydrogen-bond acceptors (Lipinski definition) is 2. The highest BCUT2D eigenvalue weighted by Crippen LogP contribution is 2.38. The van der Waals surface area contributed by atoms with Gasteiger partial charge in [-0.3, -0.25) is 4.90 Å². The lowest BCUT2D eigenvalue weighted by molar-refractivity contribution is -0.0127. The molecule has 1 saturated carbocycles. The van der Waals surface area contributed by atoms with E-state index in [-0.39, 0.29) is 6.61 Å². The summed E-state index contributed by atoms with van der Waals surface area (Å²) in [5, 5.41) is 18.8. The molecule has 1 amide bonds. The summed E-state index contributed by atoms with van der Waals surface area (Å²) in [5.74, 6) is 0. The van der Waals surface area contributed by atoms with Crippen molar-refractivity contribution in [2.24, 2.45) is 0 Å². The molecule has 1 rings (SSSR count). The molecule has 15 heavy (non-hydrogen) atoms. The van der Waals surface area contributed by atoms with Gasteiger partial charge in [0.05, 0.1) is 12.1 Å². The minimum Gasteiger partial charge on any atom is -0.465 e. The molecular formula is C11H21NO3. The molecule has 0 atom stereocenters. The molecule has 1 fully saturated rings. The maximum atomic E-state index is 11.3. The Bertz CT molecular complexity index is 239. The Morgan fingerprint density at radius 1 is 1.33 bits per heavy atom. The van der Waals surface area contributed by atoms with Crippen LogP contribution >= 0.6 is 0 Å². The van der Waals surface area contributed by atoms with E-state index in [1.807, 2.05) is 20.8 Å². The largest absolute Gasteiger partial charge is 0.465 e. The van der Waals surface area contributed by atoms with Crippen molar-refractivity contribution in [2.45, 2.75) is 57.5 Å². The van der Waals surface area contributed by atoms with Gasteiger partial charge in [0.25, 0.3) is 0 Å². The molecule has 0 radical (unpaired) electrons. The summed E-state index contributed by atoms with van der Waals surface area (Å²) in [4.78, 5) is 12.7. The van der Waals surface area contributed by atoms with Crippen molar-refractivity contribution in [3.05, 3.63) is 0 Å². The average Bonchev–Trinajstić information content (AvgIpc) is 2.50. The first-order chi connectivity index (χ1) is 6.83. The fraction of sp³-hybridized carbons (Fsp3) is 0.909. The zero-order valence-corrected chi connectivity index (χ0v) is 9.79. The quantitative estimate of drug-likeness (QED) is 0.741. The van der Waals surface area contributed by atoms with Gasteiger partial charge < -0.3 is 10.2 Å². The van der Waals surface area contributed by atoms with Crippen molar-refractivity contribution in [3.63, 3.8) is 0 Å². The normalized spacial score (nSPS) is 20.3. The average molecular weight is 215 g/mol. The van der Waals surface area contributed by atoms with E-state index in [4.69, 9.17) is 0 Å². The van der Waals surface area contributed by atoms with Crippen LogP contribution in [0.3, 0.4) is 0 Å². The zero-order chi connectivity index (χ0) is 11.7. The zero-order valence-electron chi connectivity index (χ0n) is 9.79. The van der Waals surface area contributed by atoms with E-state index in [1.54, 1.807) is 0 Å². The number of aliphatic hydroxyl groups excluding tert-OH is 1. The molecule has 0 spiro atoms. The maximum absolute atomic E-state index is 11.3. The molecule has 0 aromatic carbocycles. The van der Waals surface area contributed by atoms with Crippen molar-refractivity contribution in [2.75, 3.05) is 6.61 Å². The second kappa shape index (κ2) is 4.00. The number of aliphatic hydroxyl groups is 1. The molecule has 2 N–H and O–H groups in total. The van der Waals surface area contributed by atoms with E-state index in [0.29, 0.717) is 0 Å². The van der Waals surface area contributed by atoms with Gasteiger partial charge in [0, 0.05) is 5.54 Å². The van der Waals surface area contributed by atoms with Crippen LogP contribution in [0.1, 0.15) is 46.5 Å². The van der Waals surface area contributed by atoms with Crippen molar-refractivity contribution < 1.29 is 15.0 Å². The fourth-order valence-electron chi connectivity index (χ4n) is 2.69. The number of carboxylic acid groups (broad SMARTS) is 1. The number of carbonyl (C=O) groups is 1. The summed E-state index contributed by atoms with van der Waals surface area (Å²) in [6.45, 7) is 5.54. The number of hydrogen-bond donors (Lipinski definition) is 2. The molecule has 0 aromatic heterocycles. The van der Waals surface area contributed by atoms with Gasteiger partial charge in [-0.15, -0.1) is 0 Å². The standard InChI is InChI=1S/C11H21NO3/c1-10(2,3)12(9(14)15)11(8-13)6-4-5-7-11/h13H,4-8H2,1-3H3,(H,14,15). The first kappa shape index (κ1) is 12.3. The Morgan fingerprint density at radius 2 is 1.80 bits per heavy atom. The van der Waals surface area contributed by atoms with Gasteiger partial charge in [-0.25, -0.2) is 4.79 Å². The van der Waals surface area contributed by atoms with Gasteiger partial charge in [-0.2, -0.15) is 0 Å². The third-order valence-corrected chi connectivity index (χ3v) is 3.17. The van der Waals surface area contributed by atoms with Crippen LogP contribution in [-0.2, 0) is 0 Å². The van der Waals surface area contributed by atoms with E-state index >= 15 is 0 Å². The van der Waals surface area contributed by atoms with Crippen LogP contribution < -0.4 is 0 Å². The van der Waals surface area contributed by atoms with E-state index in [0.717, 1.165) is 25.7 Å². The summed E-state index contributed by atoms with van der Waals surface area (Å²) >= 11 is 0. The molecule has 0 bridgehead atoms. The van der Waals surface area contributed by atoms with Gasteiger partial charge in [0.15, 0.2) is 0 Å². The van der Waals surface area contributed by atoms with Crippen LogP contribution in [0.15, 0.2) is 0 Å². The Balaban J connectivity index is 3.01. The topological polar surface area (TPSA) is 60.8 Å². The van der Waals surface area contributed by atoms with Crippen LogP contribution in [0, 0.1) is 0 Å². The lowest BCUT2D eigenvalue weighted by Crippen LogP contribution is -2.60. The predicted octanol–water partition coefficient (Wildman–Crippen LogP) is 2.07. The van der Waals surface area contributed by atoms with Crippen molar-refractivity contribution in [3.8, 4) is 0 Å². The van der Waals surface area contributed by atoms with Gasteiger partial charge in [0.1, 0.15) is 0 Å². The van der Waals surface area contributed by atoms with E-state index in [9.17, 15) is 15.0 Å². The third kappa shape index (κ3) is 2.25. The third-order valence-electron chi connectivity index (χ3n) is 3.17. The molecule has 0 heterocycles. The minimum atomic E-state index is -0.932. The first-order valence-electron chi connectivity index (χ1n) is 5.48. The molecule has 88 valence electrons. The highest BCUT2D eigenvalue weighted by atomic mass is 16.4. The number of nitrogens with zero attached hydrogens (tertiary/aromatic N) is 1. The van der Waals surface area contributed by atoms with Crippen LogP contribution in [0.4, 0.5) is 4.79 Å². The first-order valence-corrected chi connectivity index (χ1v) is 5.48. The molecular weight excluding hydrogens is 194 g/mol. The highest BCUT2D eigenvalue weighted by Gasteiger charge is 2.46. The summed E-state index contributed by atoms with van der Waals surface area (Å²) < 4.78 is 0. The molecule has 1 aliphatic carbocycles. The van der Waals surface area contributed by atoms with Crippen LogP contribution in [0.5, 0.6) is 0 Å². The second-order valence-corrected chi connectivity index (χ2v) is 5.38. The molecule has 0 saturated heterocycles. The van der Waals surface area contributed by atoms with Gasteiger partial charge in [0.2, 0.25) is 0 Å². The monoisotopic (exact) mass is 215 g/mol. The molecule has 0 aliphatic heterocycles. The van der Waals surface area contributed by atoms with Crippen molar-refractivity contribution in [1.29, 1.82) is 0 Å². The smallest absolute Gasteiger partial charge is 0.408 e. The van der Waals surface area contributed by atoms with Crippen molar-refractivity contribution in [1.82, 2.24) is 4.90 Å². The summed E-state index contributed by atoms with van der Waals surface area (Å²) in [6.07, 6.45) is 2.61. The second-order valence-electron chi connectivity index (χ2n) is 5.38. The van der Waals surface area contributed by atoms with E-state index in [2.05, 4.69) is 0 Å². The maximum Gasteiger partial charge on any atom is 0.408 e. The molecule has 1 aliphatic rings. The highest BCUT2D eigenvalue weighted by molar-refractivity contribution is 5.67. The van der Waals surface area contributed by atoms with Crippen LogP contribution in [0.25, 0.3) is 0 Å². The van der Waals surface area contributed by atoms with E-state index in [1.165, 1.54) is 4.90 Å². The Labute approximate surface area is 90.9 Å². The Morgan fingerprint density at radius 3 is 2.07 bits per heavy atom. The molecule has 4 nitrogen and oxygen atoms in total. The lowest BCUT2D eigenvalue weighted by Gasteiger charge is -2.46. The van der Waals surface area contributed by atoms with Gasteiger partial charge >= 0.3 is 6.09 Å². The van der Waals surface area contributed by atoms with Crippen LogP contribution in [0.2, 0.25) is 0 Å². The number of amides is 1. The minimum absolute atomic E-state index is 0.0728. The Hall–Kier alpha value is -0.770. The van der Waals surface area contributed by atoms with Crippen LogP contribution in [-0.4, -0.2) is 38.9 Å². The van der Waals surface area contributed by atoms with Gasteiger partial charge in [-0.05, 0) is 33.6 Å². The fourth-order valence-corrected chi connectivity index (χ4v) is 2.69. The summed E-state index contributed by atoms with van der Waals surface area (Å²) in [7, 11) is 0. The molecule has 0 aromatic rings. The summed E-state index contributed by atoms with van der Waals surface area (Å²) in [6, 6.07) is 0. The molecule has 4 heteroatoms. The lowest BCUT2D eigenvalue weighted by atomic mass is 9.90. The SMILES string of the molecule is CC(C)(C)N(C(=O)O)C1(CO)CCCC1. The Kier molecular flexibility index (Phi) is 3.28. The molecule has 0 unspecified atom stereocenters. The predicted molar refractivity (Wildman–Crippen MR) is 57.9 cm³/mol. The van der Waals surface area contributed by atoms with Gasteiger partial charge in [-0.1, -0.05) is 12.8 Å². The number of rotatable bonds is 2. The van der Waals surface area contributed by atoms with E-state index < -0.39 is 17.2 Å². The van der Waals surface area contributed by atoms with Crippen molar-refractivity contribution >= 4 is 6.09 Å². The summed E-state index contributed by atoms with van der Waals surface area (Å²) in [5.41, 5.74) is -1.01.